The number of nitrogens with one attached hydrogen (secondary N) is 1. The highest BCUT2D eigenvalue weighted by molar-refractivity contribution is 7.99. The summed E-state index contributed by atoms with van der Waals surface area (Å²) in [5, 5.41) is 14.0. The molecule has 1 fully saturated rings. The van der Waals surface area contributed by atoms with Crippen LogP contribution in [-0.4, -0.2) is 46.0 Å². The minimum absolute atomic E-state index is 0.0518. The number of nitrogens with zero attached hydrogens (tertiary/aromatic N) is 2. The van der Waals surface area contributed by atoms with Gasteiger partial charge in [0.1, 0.15) is 6.04 Å². The Morgan fingerprint density at radius 3 is 2.38 bits per heavy atom. The lowest BCUT2D eigenvalue weighted by Crippen LogP contribution is -2.52. The molecule has 0 bridgehead atoms. The van der Waals surface area contributed by atoms with Crippen LogP contribution in [0.3, 0.4) is 0 Å². The molecule has 0 spiro atoms. The molecule has 1 aliphatic rings. The highest BCUT2D eigenvalue weighted by atomic mass is 32.2. The zero-order valence-corrected chi connectivity index (χ0v) is 20.5. The van der Waals surface area contributed by atoms with Crippen LogP contribution in [0.15, 0.2) is 54.6 Å². The van der Waals surface area contributed by atoms with Crippen molar-refractivity contribution >= 4 is 29.3 Å². The molecule has 2 amide bonds. The topological polar surface area (TPSA) is 92.6 Å². The molecule has 2 aromatic carbocycles. The number of non-ortho nitro benzene ring substituents is 1. The summed E-state index contributed by atoms with van der Waals surface area (Å²) in [6, 6.07) is 16.1. The van der Waals surface area contributed by atoms with Crippen molar-refractivity contribution < 1.29 is 14.5 Å². The molecule has 1 unspecified atom stereocenters. The van der Waals surface area contributed by atoms with Crippen molar-refractivity contribution in [3.63, 3.8) is 0 Å². The maximum Gasteiger partial charge on any atom is 0.269 e. The number of hydrogen-bond acceptors (Lipinski definition) is 5. The van der Waals surface area contributed by atoms with Gasteiger partial charge in [-0.3, -0.25) is 19.7 Å². The van der Waals surface area contributed by atoms with E-state index in [1.54, 1.807) is 17.0 Å². The lowest BCUT2D eigenvalue weighted by molar-refractivity contribution is -0.384. The number of benzene rings is 2. The normalized spacial score (nSPS) is 14.5. The van der Waals surface area contributed by atoms with Crippen molar-refractivity contribution in [2.75, 3.05) is 12.3 Å². The Balaban J connectivity index is 1.63. The monoisotopic (exact) mass is 483 g/mol. The molecule has 1 saturated carbocycles. The first-order chi connectivity index (χ1) is 16.5. The van der Waals surface area contributed by atoms with E-state index >= 15 is 0 Å². The highest BCUT2D eigenvalue weighted by Gasteiger charge is 2.30. The fourth-order valence-electron chi connectivity index (χ4n) is 4.32. The van der Waals surface area contributed by atoms with Gasteiger partial charge in [0.25, 0.3) is 5.69 Å². The van der Waals surface area contributed by atoms with Gasteiger partial charge in [-0.15, -0.1) is 11.8 Å². The van der Waals surface area contributed by atoms with E-state index in [-0.39, 0.29) is 29.3 Å². The molecular formula is C26H33N3O4S. The van der Waals surface area contributed by atoms with Crippen LogP contribution in [0.5, 0.6) is 0 Å². The van der Waals surface area contributed by atoms with Gasteiger partial charge >= 0.3 is 0 Å². The van der Waals surface area contributed by atoms with Crippen molar-refractivity contribution in [3.05, 3.63) is 75.8 Å². The van der Waals surface area contributed by atoms with Gasteiger partial charge in [-0.05, 0) is 36.8 Å². The Kier molecular flexibility index (Phi) is 9.94. The van der Waals surface area contributed by atoms with Gasteiger partial charge in [0, 0.05) is 30.5 Å². The van der Waals surface area contributed by atoms with E-state index in [0.29, 0.717) is 25.1 Å². The average molecular weight is 484 g/mol. The van der Waals surface area contributed by atoms with E-state index < -0.39 is 11.0 Å². The summed E-state index contributed by atoms with van der Waals surface area (Å²) in [6.07, 6.45) is 5.53. The van der Waals surface area contributed by atoms with Gasteiger partial charge in [-0.2, -0.15) is 0 Å². The zero-order valence-electron chi connectivity index (χ0n) is 19.7. The molecule has 0 radical (unpaired) electrons. The minimum atomic E-state index is -0.489. The minimum Gasteiger partial charge on any atom is -0.352 e. The van der Waals surface area contributed by atoms with Crippen molar-refractivity contribution in [2.45, 2.75) is 63.3 Å². The van der Waals surface area contributed by atoms with Gasteiger partial charge in [0.2, 0.25) is 11.8 Å². The van der Waals surface area contributed by atoms with E-state index in [2.05, 4.69) is 5.32 Å². The van der Waals surface area contributed by atoms with E-state index in [4.69, 9.17) is 0 Å². The van der Waals surface area contributed by atoms with Crippen LogP contribution in [0.2, 0.25) is 0 Å². The van der Waals surface area contributed by atoms with Gasteiger partial charge < -0.3 is 10.2 Å². The lowest BCUT2D eigenvalue weighted by Gasteiger charge is -2.31. The standard InChI is InChI=1S/C26H33N3O4S/c1-2-24(26(31)27-22-10-6-7-11-22)28(17-16-20-8-4-3-5-9-20)25(30)19-34-18-21-12-14-23(15-13-21)29(32)33/h3-5,8-9,12-15,22,24H,2,6-7,10-11,16-19H2,1H3,(H,27,31). The molecule has 1 atom stereocenters. The average Bonchev–Trinajstić information content (AvgIpc) is 3.35. The zero-order chi connectivity index (χ0) is 24.3. The molecule has 0 aliphatic heterocycles. The summed E-state index contributed by atoms with van der Waals surface area (Å²) < 4.78 is 0. The first-order valence-electron chi connectivity index (χ1n) is 11.9. The SMILES string of the molecule is CCC(C(=O)NC1CCCC1)N(CCc1ccccc1)C(=O)CSCc1ccc([N+](=O)[O-])cc1. The van der Waals surface area contributed by atoms with Gasteiger partial charge in [-0.25, -0.2) is 0 Å². The smallest absolute Gasteiger partial charge is 0.269 e. The van der Waals surface area contributed by atoms with Crippen LogP contribution >= 0.6 is 11.8 Å². The summed E-state index contributed by atoms with van der Waals surface area (Å²) in [4.78, 5) is 38.5. The largest absolute Gasteiger partial charge is 0.352 e. The third-order valence-electron chi connectivity index (χ3n) is 6.21. The van der Waals surface area contributed by atoms with Gasteiger partial charge in [-0.1, -0.05) is 62.2 Å². The molecule has 1 aliphatic carbocycles. The van der Waals surface area contributed by atoms with Crippen molar-refractivity contribution in [1.29, 1.82) is 0 Å². The van der Waals surface area contributed by atoms with Crippen molar-refractivity contribution in [2.24, 2.45) is 0 Å². The maximum atomic E-state index is 13.3. The number of carbonyl (C=O) groups excluding carboxylic acids is 2. The molecule has 8 heteroatoms. The number of carbonyl (C=O) groups is 2. The molecule has 182 valence electrons. The summed E-state index contributed by atoms with van der Waals surface area (Å²) in [5.41, 5.74) is 2.10. The van der Waals surface area contributed by atoms with E-state index in [0.717, 1.165) is 36.8 Å². The number of rotatable bonds is 12. The number of nitro groups is 1. The molecular weight excluding hydrogens is 450 g/mol. The number of hydrogen-bond donors (Lipinski definition) is 1. The fourth-order valence-corrected chi connectivity index (χ4v) is 5.19. The summed E-state index contributed by atoms with van der Waals surface area (Å²) in [6.45, 7) is 2.43. The lowest BCUT2D eigenvalue weighted by atomic mass is 10.1. The molecule has 0 aromatic heterocycles. The predicted molar refractivity (Wildman–Crippen MR) is 136 cm³/mol. The molecule has 3 rings (SSSR count). The third-order valence-corrected chi connectivity index (χ3v) is 7.20. The van der Waals surface area contributed by atoms with Crippen LogP contribution < -0.4 is 5.32 Å². The summed E-state index contributed by atoms with van der Waals surface area (Å²) >= 11 is 1.46. The van der Waals surface area contributed by atoms with Crippen molar-refractivity contribution in [1.82, 2.24) is 10.2 Å². The van der Waals surface area contributed by atoms with Gasteiger partial charge in [0.15, 0.2) is 0 Å². The van der Waals surface area contributed by atoms with Gasteiger partial charge in [0.05, 0.1) is 10.7 Å². The maximum absolute atomic E-state index is 13.3. The van der Waals surface area contributed by atoms with Crippen molar-refractivity contribution in [3.8, 4) is 0 Å². The van der Waals surface area contributed by atoms with Crippen LogP contribution in [-0.2, 0) is 21.8 Å². The Bertz CT molecular complexity index is 946. The molecule has 1 N–H and O–H groups in total. The summed E-state index contributed by atoms with van der Waals surface area (Å²) in [7, 11) is 0. The van der Waals surface area contributed by atoms with Crippen LogP contribution in [0, 0.1) is 10.1 Å². The number of nitro benzene ring substituents is 1. The molecule has 0 heterocycles. The number of amides is 2. The highest BCUT2D eigenvalue weighted by Crippen LogP contribution is 2.20. The Morgan fingerprint density at radius 1 is 1.09 bits per heavy atom. The van der Waals surface area contributed by atoms with E-state index in [1.165, 1.54) is 23.9 Å². The van der Waals surface area contributed by atoms with Crippen LogP contribution in [0.25, 0.3) is 0 Å². The Hall–Kier alpha value is -2.87. The Morgan fingerprint density at radius 2 is 1.76 bits per heavy atom. The first-order valence-corrected chi connectivity index (χ1v) is 13.1. The molecule has 7 nitrogen and oxygen atoms in total. The molecule has 34 heavy (non-hydrogen) atoms. The number of thioether (sulfide) groups is 1. The second-order valence-corrected chi connectivity index (χ2v) is 9.64. The quantitative estimate of drug-likeness (QED) is 0.348. The predicted octanol–water partition coefficient (Wildman–Crippen LogP) is 4.74. The third kappa shape index (κ3) is 7.58. The molecule has 0 saturated heterocycles. The van der Waals surface area contributed by atoms with E-state index in [9.17, 15) is 19.7 Å². The fraction of sp³-hybridized carbons (Fsp3) is 0.462. The second kappa shape index (κ2) is 13.1. The first kappa shape index (κ1) is 25.7. The molecule has 2 aromatic rings. The van der Waals surface area contributed by atoms with E-state index in [1.807, 2.05) is 37.3 Å². The Labute approximate surface area is 205 Å². The van der Waals surface area contributed by atoms with Crippen LogP contribution in [0.4, 0.5) is 5.69 Å². The second-order valence-electron chi connectivity index (χ2n) is 8.65. The summed E-state index contributed by atoms with van der Waals surface area (Å²) in [5.74, 6) is 0.702. The van der Waals surface area contributed by atoms with Crippen LogP contribution in [0.1, 0.15) is 50.2 Å².